The van der Waals surface area contributed by atoms with Crippen LogP contribution < -0.4 is 16.4 Å². The Morgan fingerprint density at radius 1 is 1.09 bits per heavy atom. The summed E-state index contributed by atoms with van der Waals surface area (Å²) in [7, 11) is 0. The summed E-state index contributed by atoms with van der Waals surface area (Å²) < 4.78 is 0. The highest BCUT2D eigenvalue weighted by atomic mass is 16.2. The fourth-order valence-electron chi connectivity index (χ4n) is 2.39. The maximum Gasteiger partial charge on any atom is 0.319 e. The summed E-state index contributed by atoms with van der Waals surface area (Å²) in [6.45, 7) is 0.572. The molecular weight excluding hydrogens is 276 g/mol. The highest BCUT2D eigenvalue weighted by Gasteiger charge is 2.04. The summed E-state index contributed by atoms with van der Waals surface area (Å²) in [6.07, 6.45) is 2.77. The van der Waals surface area contributed by atoms with Gasteiger partial charge in [-0.1, -0.05) is 18.2 Å². The van der Waals surface area contributed by atoms with E-state index in [0.717, 1.165) is 17.6 Å². The minimum absolute atomic E-state index is 0.218. The molecule has 22 heavy (non-hydrogen) atoms. The fourth-order valence-corrected chi connectivity index (χ4v) is 2.39. The second-order valence-corrected chi connectivity index (χ2v) is 5.11. The first-order valence-corrected chi connectivity index (χ1v) is 7.18. The van der Waals surface area contributed by atoms with E-state index in [0.29, 0.717) is 12.2 Å². The lowest BCUT2D eigenvalue weighted by Gasteiger charge is -2.07. The van der Waals surface area contributed by atoms with Crippen molar-refractivity contribution >= 4 is 28.3 Å². The number of nitrogens with one attached hydrogen (secondary N) is 3. The van der Waals surface area contributed by atoms with Gasteiger partial charge in [0.25, 0.3) is 0 Å². The van der Waals surface area contributed by atoms with E-state index in [1.807, 2.05) is 24.4 Å². The molecular formula is C17H18N4O. The van der Waals surface area contributed by atoms with Crippen LogP contribution >= 0.6 is 0 Å². The number of hydrogen-bond donors (Lipinski definition) is 4. The number of nitrogens with two attached hydrogens (primary N) is 1. The van der Waals surface area contributed by atoms with Gasteiger partial charge in [-0.3, -0.25) is 0 Å². The van der Waals surface area contributed by atoms with Crippen LogP contribution in [0.4, 0.5) is 16.2 Å². The van der Waals surface area contributed by atoms with Crippen LogP contribution in [-0.4, -0.2) is 17.6 Å². The van der Waals surface area contributed by atoms with E-state index in [2.05, 4.69) is 21.7 Å². The molecule has 1 heterocycles. The van der Waals surface area contributed by atoms with Crippen molar-refractivity contribution in [1.29, 1.82) is 0 Å². The van der Waals surface area contributed by atoms with Gasteiger partial charge < -0.3 is 21.4 Å². The van der Waals surface area contributed by atoms with Gasteiger partial charge in [-0.05, 0) is 42.3 Å². The highest BCUT2D eigenvalue weighted by molar-refractivity contribution is 5.89. The third-order valence-electron chi connectivity index (χ3n) is 3.52. The molecule has 2 aromatic carbocycles. The van der Waals surface area contributed by atoms with Gasteiger partial charge in [0, 0.05) is 35.0 Å². The standard InChI is InChI=1S/C17H18N4O/c18-13-5-7-14(8-6-13)21-17(22)19-10-9-12-11-20-16-4-2-1-3-15(12)16/h1-8,11,20H,9-10,18H2,(H2,19,21,22). The van der Waals surface area contributed by atoms with Gasteiger partial charge in [-0.25, -0.2) is 4.79 Å². The average Bonchev–Trinajstić information content (AvgIpc) is 2.93. The van der Waals surface area contributed by atoms with Crippen molar-refractivity contribution in [3.8, 4) is 0 Å². The molecule has 0 unspecified atom stereocenters. The van der Waals surface area contributed by atoms with Crippen LogP contribution in [0.3, 0.4) is 0 Å². The lowest BCUT2D eigenvalue weighted by atomic mass is 10.1. The number of urea groups is 1. The number of aromatic nitrogens is 1. The zero-order chi connectivity index (χ0) is 15.4. The molecule has 5 N–H and O–H groups in total. The quantitative estimate of drug-likeness (QED) is 0.558. The van der Waals surface area contributed by atoms with Crippen molar-refractivity contribution in [2.24, 2.45) is 0 Å². The van der Waals surface area contributed by atoms with E-state index in [9.17, 15) is 4.79 Å². The predicted octanol–water partition coefficient (Wildman–Crippen LogP) is 3.11. The third kappa shape index (κ3) is 3.20. The summed E-state index contributed by atoms with van der Waals surface area (Å²) >= 11 is 0. The number of carbonyl (C=O) groups excluding carboxylic acids is 1. The second kappa shape index (κ2) is 6.22. The smallest absolute Gasteiger partial charge is 0.319 e. The van der Waals surface area contributed by atoms with Crippen molar-refractivity contribution in [2.45, 2.75) is 6.42 Å². The normalized spacial score (nSPS) is 10.5. The van der Waals surface area contributed by atoms with Crippen molar-refractivity contribution < 1.29 is 4.79 Å². The zero-order valence-corrected chi connectivity index (χ0v) is 12.1. The van der Waals surface area contributed by atoms with E-state index in [1.54, 1.807) is 24.3 Å². The summed E-state index contributed by atoms with van der Waals surface area (Å²) in [5, 5.41) is 6.82. The Kier molecular flexibility index (Phi) is 3.96. The molecule has 0 aliphatic rings. The Morgan fingerprint density at radius 3 is 2.68 bits per heavy atom. The zero-order valence-electron chi connectivity index (χ0n) is 12.1. The Balaban J connectivity index is 1.52. The molecule has 0 saturated heterocycles. The fraction of sp³-hybridized carbons (Fsp3) is 0.118. The number of amides is 2. The Bertz CT molecular complexity index is 777. The van der Waals surface area contributed by atoms with Crippen LogP contribution in [0.1, 0.15) is 5.56 Å². The number of rotatable bonds is 4. The van der Waals surface area contributed by atoms with E-state index in [1.165, 1.54) is 10.9 Å². The highest BCUT2D eigenvalue weighted by Crippen LogP contribution is 2.17. The van der Waals surface area contributed by atoms with E-state index in [-0.39, 0.29) is 6.03 Å². The molecule has 0 bridgehead atoms. The topological polar surface area (TPSA) is 82.9 Å². The van der Waals surface area contributed by atoms with Crippen LogP contribution in [0.5, 0.6) is 0 Å². The van der Waals surface area contributed by atoms with Crippen molar-refractivity contribution in [2.75, 3.05) is 17.6 Å². The number of aromatic amines is 1. The van der Waals surface area contributed by atoms with Crippen LogP contribution in [-0.2, 0) is 6.42 Å². The first-order valence-electron chi connectivity index (χ1n) is 7.18. The van der Waals surface area contributed by atoms with Gasteiger partial charge in [0.2, 0.25) is 0 Å². The minimum Gasteiger partial charge on any atom is -0.399 e. The molecule has 3 aromatic rings. The lowest BCUT2D eigenvalue weighted by molar-refractivity contribution is 0.252. The molecule has 0 fully saturated rings. The molecule has 5 nitrogen and oxygen atoms in total. The first kappa shape index (κ1) is 14.0. The number of anilines is 2. The Labute approximate surface area is 128 Å². The third-order valence-corrected chi connectivity index (χ3v) is 3.52. The van der Waals surface area contributed by atoms with Gasteiger partial charge in [-0.15, -0.1) is 0 Å². The number of nitrogen functional groups attached to an aromatic ring is 1. The van der Waals surface area contributed by atoms with Gasteiger partial charge in [0.15, 0.2) is 0 Å². The van der Waals surface area contributed by atoms with Crippen LogP contribution in [0, 0.1) is 0 Å². The van der Waals surface area contributed by atoms with Gasteiger partial charge >= 0.3 is 6.03 Å². The second-order valence-electron chi connectivity index (χ2n) is 5.11. The molecule has 1 aromatic heterocycles. The number of fused-ring (bicyclic) bond motifs is 1. The monoisotopic (exact) mass is 294 g/mol. The molecule has 0 radical (unpaired) electrons. The molecule has 0 atom stereocenters. The van der Waals surface area contributed by atoms with Gasteiger partial charge in [0.05, 0.1) is 0 Å². The maximum absolute atomic E-state index is 11.8. The molecule has 0 spiro atoms. The summed E-state index contributed by atoms with van der Waals surface area (Å²) in [4.78, 5) is 15.1. The lowest BCUT2D eigenvalue weighted by Crippen LogP contribution is -2.30. The van der Waals surface area contributed by atoms with Gasteiger partial charge in [-0.2, -0.15) is 0 Å². The number of para-hydroxylation sites is 1. The molecule has 0 aliphatic heterocycles. The summed E-state index contributed by atoms with van der Waals surface area (Å²) in [6, 6.07) is 15.0. The van der Waals surface area contributed by atoms with Crippen LogP contribution in [0.15, 0.2) is 54.7 Å². The molecule has 5 heteroatoms. The maximum atomic E-state index is 11.8. The van der Waals surface area contributed by atoms with Crippen molar-refractivity contribution in [3.63, 3.8) is 0 Å². The SMILES string of the molecule is Nc1ccc(NC(=O)NCCc2c[nH]c3ccccc23)cc1. The molecule has 3 rings (SSSR count). The predicted molar refractivity (Wildman–Crippen MR) is 89.9 cm³/mol. The van der Waals surface area contributed by atoms with Crippen molar-refractivity contribution in [1.82, 2.24) is 10.3 Å². The van der Waals surface area contributed by atoms with E-state index < -0.39 is 0 Å². The Hall–Kier alpha value is -2.95. The molecule has 0 aliphatic carbocycles. The molecule has 112 valence electrons. The molecule has 0 saturated carbocycles. The van der Waals surface area contributed by atoms with Gasteiger partial charge in [0.1, 0.15) is 0 Å². The summed E-state index contributed by atoms with van der Waals surface area (Å²) in [5.41, 5.74) is 9.31. The number of benzene rings is 2. The molecule has 2 amide bonds. The largest absolute Gasteiger partial charge is 0.399 e. The number of H-pyrrole nitrogens is 1. The van der Waals surface area contributed by atoms with E-state index >= 15 is 0 Å². The van der Waals surface area contributed by atoms with Crippen LogP contribution in [0.25, 0.3) is 10.9 Å². The number of carbonyl (C=O) groups is 1. The van der Waals surface area contributed by atoms with Crippen molar-refractivity contribution in [3.05, 3.63) is 60.3 Å². The minimum atomic E-state index is -0.218. The Morgan fingerprint density at radius 2 is 1.86 bits per heavy atom. The first-order chi connectivity index (χ1) is 10.7. The van der Waals surface area contributed by atoms with E-state index in [4.69, 9.17) is 5.73 Å². The number of hydrogen-bond acceptors (Lipinski definition) is 2. The average molecular weight is 294 g/mol. The summed E-state index contributed by atoms with van der Waals surface area (Å²) in [5.74, 6) is 0. The van der Waals surface area contributed by atoms with Crippen LogP contribution in [0.2, 0.25) is 0 Å².